The molecule has 0 spiro atoms. The second-order valence-electron chi connectivity index (χ2n) is 5.91. The fourth-order valence-corrected chi connectivity index (χ4v) is 2.82. The normalized spacial score (nSPS) is 19.5. The van der Waals surface area contributed by atoms with Crippen LogP contribution in [0.25, 0.3) is 0 Å². The van der Waals surface area contributed by atoms with Crippen LogP contribution < -0.4 is 4.74 Å². The molecule has 1 amide bonds. The molecule has 1 saturated heterocycles. The van der Waals surface area contributed by atoms with Crippen LogP contribution >= 0.6 is 0 Å². The Hall–Kier alpha value is -2.87. The minimum atomic E-state index is -1.08. The Morgan fingerprint density at radius 1 is 1.27 bits per heavy atom. The Balaban J connectivity index is 1.65. The SMILES string of the molecule is COC1CC(C(=O)O)N(C(=O)c2ccc(COc3ccc(F)cc3)o2)C1. The second-order valence-corrected chi connectivity index (χ2v) is 5.91. The number of carboxylic acids is 1. The summed E-state index contributed by atoms with van der Waals surface area (Å²) in [6.45, 7) is 0.246. The first-order valence-electron chi connectivity index (χ1n) is 8.01. The van der Waals surface area contributed by atoms with Crippen molar-refractivity contribution in [3.8, 4) is 5.75 Å². The molecule has 8 heteroatoms. The summed E-state index contributed by atoms with van der Waals surface area (Å²) >= 11 is 0. The summed E-state index contributed by atoms with van der Waals surface area (Å²) < 4.78 is 29.0. The largest absolute Gasteiger partial charge is 0.486 e. The standard InChI is InChI=1S/C18H18FNO6/c1-24-14-8-15(18(22)23)20(9-14)17(21)16-7-6-13(26-16)10-25-12-4-2-11(19)3-5-12/h2-7,14-15H,8-10H2,1H3,(H,22,23). The molecule has 1 aromatic heterocycles. The van der Waals surface area contributed by atoms with Crippen molar-refractivity contribution in [2.75, 3.05) is 13.7 Å². The van der Waals surface area contributed by atoms with Crippen LogP contribution in [0.15, 0.2) is 40.8 Å². The van der Waals surface area contributed by atoms with E-state index in [0.29, 0.717) is 11.5 Å². The lowest BCUT2D eigenvalue weighted by atomic mass is 10.2. The van der Waals surface area contributed by atoms with Crippen molar-refractivity contribution in [2.45, 2.75) is 25.2 Å². The highest BCUT2D eigenvalue weighted by molar-refractivity contribution is 5.94. The zero-order valence-electron chi connectivity index (χ0n) is 14.1. The van der Waals surface area contributed by atoms with Crippen LogP contribution in [0.2, 0.25) is 0 Å². The fourth-order valence-electron chi connectivity index (χ4n) is 2.82. The van der Waals surface area contributed by atoms with Gasteiger partial charge in [-0.15, -0.1) is 0 Å². The molecule has 1 fully saturated rings. The maximum Gasteiger partial charge on any atom is 0.326 e. The number of hydrogen-bond acceptors (Lipinski definition) is 5. The number of benzene rings is 1. The van der Waals surface area contributed by atoms with Crippen LogP contribution in [0.5, 0.6) is 5.75 Å². The van der Waals surface area contributed by atoms with Crippen LogP contribution in [0, 0.1) is 5.82 Å². The molecule has 2 aromatic rings. The van der Waals surface area contributed by atoms with Gasteiger partial charge in [0.2, 0.25) is 0 Å². The minimum absolute atomic E-state index is 0.0331. The topological polar surface area (TPSA) is 89.2 Å². The highest BCUT2D eigenvalue weighted by Gasteiger charge is 2.41. The van der Waals surface area contributed by atoms with Crippen LogP contribution in [0.1, 0.15) is 22.7 Å². The molecule has 0 radical (unpaired) electrons. The first-order valence-corrected chi connectivity index (χ1v) is 8.01. The van der Waals surface area contributed by atoms with Gasteiger partial charge in [0.1, 0.15) is 30.0 Å². The Bertz CT molecular complexity index is 787. The molecule has 0 aliphatic carbocycles. The summed E-state index contributed by atoms with van der Waals surface area (Å²) in [5, 5.41) is 9.30. The molecule has 2 heterocycles. The van der Waals surface area contributed by atoms with Crippen LogP contribution in [-0.4, -0.2) is 47.7 Å². The number of amides is 1. The summed E-state index contributed by atoms with van der Waals surface area (Å²) in [6.07, 6.45) is -0.0879. The summed E-state index contributed by atoms with van der Waals surface area (Å²) in [4.78, 5) is 25.2. The molecule has 0 bridgehead atoms. The number of halogens is 1. The van der Waals surface area contributed by atoms with Gasteiger partial charge in [0.05, 0.1) is 6.10 Å². The van der Waals surface area contributed by atoms with Crippen molar-refractivity contribution < 1.29 is 33.0 Å². The van der Waals surface area contributed by atoms with Crippen molar-refractivity contribution in [3.63, 3.8) is 0 Å². The molecule has 138 valence electrons. The van der Waals surface area contributed by atoms with Gasteiger partial charge in [0.15, 0.2) is 5.76 Å². The third kappa shape index (κ3) is 3.85. The number of likely N-dealkylation sites (tertiary alicyclic amines) is 1. The van der Waals surface area contributed by atoms with Crippen molar-refractivity contribution in [1.82, 2.24) is 4.90 Å². The molecule has 1 aromatic carbocycles. The quantitative estimate of drug-likeness (QED) is 0.847. The van der Waals surface area contributed by atoms with Gasteiger partial charge in [-0.2, -0.15) is 0 Å². The maximum atomic E-state index is 12.9. The van der Waals surface area contributed by atoms with E-state index in [1.165, 1.54) is 42.3 Å². The molecule has 2 atom stereocenters. The van der Waals surface area contributed by atoms with Crippen molar-refractivity contribution >= 4 is 11.9 Å². The zero-order chi connectivity index (χ0) is 18.7. The Morgan fingerprint density at radius 2 is 2.00 bits per heavy atom. The number of carbonyl (C=O) groups excluding carboxylic acids is 1. The molecule has 26 heavy (non-hydrogen) atoms. The van der Waals surface area contributed by atoms with Gasteiger partial charge in [-0.05, 0) is 36.4 Å². The number of rotatable bonds is 6. The number of carbonyl (C=O) groups is 2. The molecule has 2 unspecified atom stereocenters. The monoisotopic (exact) mass is 363 g/mol. The Morgan fingerprint density at radius 3 is 2.65 bits per heavy atom. The van der Waals surface area contributed by atoms with E-state index in [0.717, 1.165) is 0 Å². The highest BCUT2D eigenvalue weighted by atomic mass is 19.1. The number of ether oxygens (including phenoxy) is 2. The third-order valence-corrected chi connectivity index (χ3v) is 4.21. The molecule has 0 saturated carbocycles. The lowest BCUT2D eigenvalue weighted by Crippen LogP contribution is -2.40. The van der Waals surface area contributed by atoms with E-state index >= 15 is 0 Å². The van der Waals surface area contributed by atoms with Crippen molar-refractivity contribution in [2.24, 2.45) is 0 Å². The van der Waals surface area contributed by atoms with E-state index in [4.69, 9.17) is 13.9 Å². The Labute approximate surface area is 148 Å². The highest BCUT2D eigenvalue weighted by Crippen LogP contribution is 2.24. The molecular formula is C18H18FNO6. The smallest absolute Gasteiger partial charge is 0.326 e. The van der Waals surface area contributed by atoms with Crippen molar-refractivity contribution in [1.29, 1.82) is 0 Å². The summed E-state index contributed by atoms with van der Waals surface area (Å²) in [5.41, 5.74) is 0. The number of hydrogen-bond donors (Lipinski definition) is 1. The average molecular weight is 363 g/mol. The number of nitrogens with zero attached hydrogens (tertiary/aromatic N) is 1. The number of aliphatic carboxylic acids is 1. The van der Waals surface area contributed by atoms with E-state index in [1.807, 2.05) is 0 Å². The van der Waals surface area contributed by atoms with Gasteiger partial charge in [-0.25, -0.2) is 9.18 Å². The first kappa shape index (κ1) is 17.9. The molecular weight excluding hydrogens is 345 g/mol. The van der Waals surface area contributed by atoms with Gasteiger partial charge in [-0.1, -0.05) is 0 Å². The second kappa shape index (κ2) is 7.57. The van der Waals surface area contributed by atoms with E-state index in [1.54, 1.807) is 6.07 Å². The number of methoxy groups -OCH3 is 1. The molecule has 1 aliphatic heterocycles. The predicted octanol–water partition coefficient (Wildman–Crippen LogP) is 2.31. The van der Waals surface area contributed by atoms with E-state index in [9.17, 15) is 19.1 Å². The number of carboxylic acid groups (broad SMARTS) is 1. The molecule has 3 rings (SSSR count). The maximum absolute atomic E-state index is 12.9. The van der Waals surface area contributed by atoms with Crippen molar-refractivity contribution in [3.05, 3.63) is 53.7 Å². The van der Waals surface area contributed by atoms with Crippen LogP contribution in [0.3, 0.4) is 0 Å². The van der Waals surface area contributed by atoms with Crippen LogP contribution in [0.4, 0.5) is 4.39 Å². The zero-order valence-corrected chi connectivity index (χ0v) is 14.1. The lowest BCUT2D eigenvalue weighted by Gasteiger charge is -2.19. The van der Waals surface area contributed by atoms with Gasteiger partial charge >= 0.3 is 5.97 Å². The van der Waals surface area contributed by atoms with Gasteiger partial charge < -0.3 is 23.9 Å². The predicted molar refractivity (Wildman–Crippen MR) is 87.3 cm³/mol. The molecule has 7 nitrogen and oxygen atoms in total. The fraction of sp³-hybridized carbons (Fsp3) is 0.333. The van der Waals surface area contributed by atoms with Gasteiger partial charge in [0, 0.05) is 20.1 Å². The van der Waals surface area contributed by atoms with Gasteiger partial charge in [-0.3, -0.25) is 4.79 Å². The minimum Gasteiger partial charge on any atom is -0.486 e. The average Bonchev–Trinajstić information content (AvgIpc) is 3.28. The van der Waals surface area contributed by atoms with E-state index in [2.05, 4.69) is 0 Å². The third-order valence-electron chi connectivity index (χ3n) is 4.21. The molecule has 1 aliphatic rings. The summed E-state index contributed by atoms with van der Waals surface area (Å²) in [5.74, 6) is -1.06. The molecule has 1 N–H and O–H groups in total. The Kier molecular flexibility index (Phi) is 5.22. The van der Waals surface area contributed by atoms with Crippen LogP contribution in [-0.2, 0) is 16.1 Å². The summed E-state index contributed by atoms with van der Waals surface area (Å²) in [7, 11) is 1.48. The number of furan rings is 1. The summed E-state index contributed by atoms with van der Waals surface area (Å²) in [6, 6.07) is 7.63. The first-order chi connectivity index (χ1) is 12.5. The van der Waals surface area contributed by atoms with E-state index in [-0.39, 0.29) is 37.3 Å². The lowest BCUT2D eigenvalue weighted by molar-refractivity contribution is -0.141. The van der Waals surface area contributed by atoms with E-state index < -0.39 is 17.9 Å². The van der Waals surface area contributed by atoms with Gasteiger partial charge in [0.25, 0.3) is 5.91 Å².